The van der Waals surface area contributed by atoms with Crippen molar-refractivity contribution in [1.29, 1.82) is 0 Å². The molecule has 1 rings (SSSR count). The monoisotopic (exact) mass is 267 g/mol. The van der Waals surface area contributed by atoms with Gasteiger partial charge < -0.3 is 5.32 Å². The third-order valence-electron chi connectivity index (χ3n) is 2.68. The molecule has 1 aromatic rings. The van der Waals surface area contributed by atoms with E-state index in [-0.39, 0.29) is 18.2 Å². The van der Waals surface area contributed by atoms with E-state index in [1.165, 1.54) is 0 Å². The van der Waals surface area contributed by atoms with Crippen molar-refractivity contribution in [1.82, 2.24) is 5.32 Å². The summed E-state index contributed by atoms with van der Waals surface area (Å²) in [4.78, 5) is 23.5. The van der Waals surface area contributed by atoms with Crippen molar-refractivity contribution in [2.75, 3.05) is 6.54 Å². The Labute approximate surface area is 113 Å². The molecule has 0 atom stereocenters. The number of nitrogens with one attached hydrogen (secondary N) is 1. The molecule has 0 aliphatic heterocycles. The second-order valence-electron chi connectivity index (χ2n) is 5.32. The molecule has 0 fully saturated rings. The summed E-state index contributed by atoms with van der Waals surface area (Å²) >= 11 is 5.95. The standard InChI is InChI=1S/C14H18ClNO2/c1-9-5-6-10(7-11(9)15)13(18)16-8-12(17)14(2,3)4/h5-7H,8H2,1-4H3,(H,16,18). The number of benzene rings is 1. The average Bonchev–Trinajstić information content (AvgIpc) is 2.27. The van der Waals surface area contributed by atoms with Crippen LogP contribution in [0, 0.1) is 12.3 Å². The number of hydrogen-bond donors (Lipinski definition) is 1. The van der Waals surface area contributed by atoms with Gasteiger partial charge in [-0.05, 0) is 24.6 Å². The lowest BCUT2D eigenvalue weighted by Crippen LogP contribution is -2.35. The van der Waals surface area contributed by atoms with Crippen LogP contribution in [0.25, 0.3) is 0 Å². The minimum Gasteiger partial charge on any atom is -0.345 e. The summed E-state index contributed by atoms with van der Waals surface area (Å²) in [5.41, 5.74) is 0.935. The van der Waals surface area contributed by atoms with Crippen molar-refractivity contribution >= 4 is 23.3 Å². The predicted octanol–water partition coefficient (Wildman–Crippen LogP) is 2.99. The van der Waals surface area contributed by atoms with E-state index in [0.717, 1.165) is 5.56 Å². The first-order valence-corrected chi connectivity index (χ1v) is 6.17. The fourth-order valence-corrected chi connectivity index (χ4v) is 1.44. The van der Waals surface area contributed by atoms with E-state index in [9.17, 15) is 9.59 Å². The molecular formula is C14H18ClNO2. The third-order valence-corrected chi connectivity index (χ3v) is 3.09. The minimum absolute atomic E-state index is 0.00550. The summed E-state index contributed by atoms with van der Waals surface area (Å²) in [6, 6.07) is 5.08. The van der Waals surface area contributed by atoms with E-state index in [1.54, 1.807) is 18.2 Å². The van der Waals surface area contributed by atoms with Crippen molar-refractivity contribution in [2.45, 2.75) is 27.7 Å². The van der Waals surface area contributed by atoms with E-state index in [2.05, 4.69) is 5.32 Å². The largest absolute Gasteiger partial charge is 0.345 e. The first-order valence-electron chi connectivity index (χ1n) is 5.79. The molecule has 0 unspecified atom stereocenters. The van der Waals surface area contributed by atoms with Crippen LogP contribution in [0.3, 0.4) is 0 Å². The topological polar surface area (TPSA) is 46.2 Å². The van der Waals surface area contributed by atoms with Crippen LogP contribution in [-0.4, -0.2) is 18.2 Å². The van der Waals surface area contributed by atoms with Crippen LogP contribution >= 0.6 is 11.6 Å². The number of ketones is 1. The molecular weight excluding hydrogens is 250 g/mol. The van der Waals surface area contributed by atoms with Crippen LogP contribution in [-0.2, 0) is 4.79 Å². The van der Waals surface area contributed by atoms with Crippen LogP contribution in [0.5, 0.6) is 0 Å². The Morgan fingerprint density at radius 1 is 1.28 bits per heavy atom. The zero-order valence-electron chi connectivity index (χ0n) is 11.1. The Kier molecular flexibility index (Phi) is 4.52. The van der Waals surface area contributed by atoms with Crippen molar-refractivity contribution in [3.63, 3.8) is 0 Å². The zero-order valence-corrected chi connectivity index (χ0v) is 11.9. The van der Waals surface area contributed by atoms with Crippen molar-refractivity contribution < 1.29 is 9.59 Å². The highest BCUT2D eigenvalue weighted by molar-refractivity contribution is 6.31. The first kappa shape index (κ1) is 14.7. The quantitative estimate of drug-likeness (QED) is 0.915. The number of hydrogen-bond acceptors (Lipinski definition) is 2. The van der Waals surface area contributed by atoms with Gasteiger partial charge in [-0.2, -0.15) is 0 Å². The summed E-state index contributed by atoms with van der Waals surface area (Å²) in [5.74, 6) is -0.288. The Bertz CT molecular complexity index is 475. The molecule has 0 saturated heterocycles. The van der Waals surface area contributed by atoms with Gasteiger partial charge in [0.2, 0.25) is 0 Å². The molecule has 1 aromatic carbocycles. The van der Waals surface area contributed by atoms with Gasteiger partial charge in [0.1, 0.15) is 0 Å². The highest BCUT2D eigenvalue weighted by Crippen LogP contribution is 2.17. The summed E-state index contributed by atoms with van der Waals surface area (Å²) in [7, 11) is 0. The van der Waals surface area contributed by atoms with Crippen LogP contribution in [0.1, 0.15) is 36.7 Å². The lowest BCUT2D eigenvalue weighted by molar-refractivity contribution is -0.125. The number of Topliss-reactive ketones (excluding diaryl/α,β-unsaturated/α-hetero) is 1. The fourth-order valence-electron chi connectivity index (χ4n) is 1.26. The van der Waals surface area contributed by atoms with Gasteiger partial charge in [-0.3, -0.25) is 9.59 Å². The van der Waals surface area contributed by atoms with E-state index in [4.69, 9.17) is 11.6 Å². The second kappa shape index (κ2) is 5.53. The highest BCUT2D eigenvalue weighted by atomic mass is 35.5. The van der Waals surface area contributed by atoms with Gasteiger partial charge in [0.05, 0.1) is 6.54 Å². The summed E-state index contributed by atoms with van der Waals surface area (Å²) < 4.78 is 0. The first-order chi connectivity index (χ1) is 8.21. The van der Waals surface area contributed by atoms with Crippen LogP contribution in [0.4, 0.5) is 0 Å². The maximum absolute atomic E-state index is 11.8. The van der Waals surface area contributed by atoms with Crippen LogP contribution < -0.4 is 5.32 Å². The van der Waals surface area contributed by atoms with E-state index >= 15 is 0 Å². The Balaban J connectivity index is 2.66. The molecule has 0 spiro atoms. The van der Waals surface area contributed by atoms with Gasteiger partial charge in [-0.25, -0.2) is 0 Å². The summed E-state index contributed by atoms with van der Waals surface area (Å²) in [6.45, 7) is 7.37. The van der Waals surface area contributed by atoms with Crippen molar-refractivity contribution in [2.24, 2.45) is 5.41 Å². The molecule has 3 nitrogen and oxygen atoms in total. The molecule has 0 aliphatic carbocycles. The molecule has 0 aromatic heterocycles. The number of halogens is 1. The van der Waals surface area contributed by atoms with Gasteiger partial charge in [0.15, 0.2) is 5.78 Å². The maximum atomic E-state index is 11.8. The maximum Gasteiger partial charge on any atom is 0.251 e. The SMILES string of the molecule is Cc1ccc(C(=O)NCC(=O)C(C)(C)C)cc1Cl. The molecule has 4 heteroatoms. The lowest BCUT2D eigenvalue weighted by atomic mass is 9.91. The smallest absolute Gasteiger partial charge is 0.251 e. The number of aryl methyl sites for hydroxylation is 1. The molecule has 0 saturated carbocycles. The van der Waals surface area contributed by atoms with Crippen molar-refractivity contribution in [3.05, 3.63) is 34.3 Å². The summed E-state index contributed by atoms with van der Waals surface area (Å²) in [5, 5.41) is 3.15. The molecule has 0 bridgehead atoms. The molecule has 0 radical (unpaired) electrons. The average molecular weight is 268 g/mol. The van der Waals surface area contributed by atoms with Gasteiger partial charge in [0.25, 0.3) is 5.91 Å². The van der Waals surface area contributed by atoms with Gasteiger partial charge in [0, 0.05) is 16.0 Å². The molecule has 0 aliphatic rings. The van der Waals surface area contributed by atoms with Gasteiger partial charge in [-0.15, -0.1) is 0 Å². The van der Waals surface area contributed by atoms with Crippen molar-refractivity contribution in [3.8, 4) is 0 Å². The van der Waals surface area contributed by atoms with Crippen LogP contribution in [0.2, 0.25) is 5.02 Å². The Hall–Kier alpha value is -1.35. The van der Waals surface area contributed by atoms with E-state index < -0.39 is 5.41 Å². The fraction of sp³-hybridized carbons (Fsp3) is 0.429. The lowest BCUT2D eigenvalue weighted by Gasteiger charge is -2.16. The Morgan fingerprint density at radius 2 is 1.89 bits per heavy atom. The van der Waals surface area contributed by atoms with E-state index in [0.29, 0.717) is 10.6 Å². The molecule has 18 heavy (non-hydrogen) atoms. The summed E-state index contributed by atoms with van der Waals surface area (Å²) in [6.07, 6.45) is 0. The predicted molar refractivity (Wildman–Crippen MR) is 73.0 cm³/mol. The normalized spacial score (nSPS) is 11.2. The number of amides is 1. The molecule has 0 heterocycles. The van der Waals surface area contributed by atoms with E-state index in [1.807, 2.05) is 27.7 Å². The number of carbonyl (C=O) groups is 2. The Morgan fingerprint density at radius 3 is 2.39 bits per heavy atom. The minimum atomic E-state index is -0.446. The molecule has 1 N–H and O–H groups in total. The van der Waals surface area contributed by atoms with Crippen LogP contribution in [0.15, 0.2) is 18.2 Å². The molecule has 98 valence electrons. The third kappa shape index (κ3) is 3.84. The number of rotatable bonds is 3. The highest BCUT2D eigenvalue weighted by Gasteiger charge is 2.21. The van der Waals surface area contributed by atoms with Gasteiger partial charge in [-0.1, -0.05) is 38.4 Å². The molecule has 1 amide bonds. The second-order valence-corrected chi connectivity index (χ2v) is 5.73. The number of carbonyl (C=O) groups excluding carboxylic acids is 2. The van der Waals surface area contributed by atoms with Gasteiger partial charge >= 0.3 is 0 Å². The zero-order chi connectivity index (χ0) is 13.9.